The molecular weight excluding hydrogens is 264 g/mol. The second kappa shape index (κ2) is 5.00. The van der Waals surface area contributed by atoms with Gasteiger partial charge in [-0.25, -0.2) is 4.84 Å². The van der Waals surface area contributed by atoms with Crippen molar-refractivity contribution in [2.45, 2.75) is 26.8 Å². The number of nitrogens with zero attached hydrogens (tertiary/aromatic N) is 3. The summed E-state index contributed by atoms with van der Waals surface area (Å²) in [4.78, 5) is 17.6. The SMILES string of the molecule is CO[N+](=O)c1c(N)sc(-c2ccn(C(C)C)n2)c1C. The summed E-state index contributed by atoms with van der Waals surface area (Å²) in [5.74, 6) is 0. The van der Waals surface area contributed by atoms with Gasteiger partial charge in [-0.3, -0.25) is 4.68 Å². The molecule has 7 heteroatoms. The van der Waals surface area contributed by atoms with Gasteiger partial charge < -0.3 is 5.73 Å². The van der Waals surface area contributed by atoms with Crippen molar-refractivity contribution in [3.8, 4) is 10.6 Å². The van der Waals surface area contributed by atoms with Crippen molar-refractivity contribution < 1.29 is 9.76 Å². The average Bonchev–Trinajstić information content (AvgIpc) is 2.94. The van der Waals surface area contributed by atoms with Crippen LogP contribution in [0.2, 0.25) is 0 Å². The quantitative estimate of drug-likeness (QED) is 0.874. The lowest BCUT2D eigenvalue weighted by Crippen LogP contribution is -2.01. The molecule has 6 nitrogen and oxygen atoms in total. The predicted molar refractivity (Wildman–Crippen MR) is 75.4 cm³/mol. The van der Waals surface area contributed by atoms with Crippen molar-refractivity contribution in [1.29, 1.82) is 0 Å². The van der Waals surface area contributed by atoms with Gasteiger partial charge in [-0.1, -0.05) is 0 Å². The molecule has 0 saturated carbocycles. The van der Waals surface area contributed by atoms with Crippen molar-refractivity contribution >= 4 is 22.0 Å². The summed E-state index contributed by atoms with van der Waals surface area (Å²) in [6.07, 6.45) is 1.92. The zero-order chi connectivity index (χ0) is 14.2. The van der Waals surface area contributed by atoms with Gasteiger partial charge in [0.15, 0.2) is 12.1 Å². The molecule has 0 atom stereocenters. The molecule has 0 saturated heterocycles. The summed E-state index contributed by atoms with van der Waals surface area (Å²) in [6.45, 7) is 5.96. The number of anilines is 1. The lowest BCUT2D eigenvalue weighted by Gasteiger charge is -2.03. The van der Waals surface area contributed by atoms with Crippen LogP contribution in [-0.2, 0) is 4.84 Å². The highest BCUT2D eigenvalue weighted by atomic mass is 32.1. The van der Waals surface area contributed by atoms with Gasteiger partial charge in [0.1, 0.15) is 5.69 Å². The van der Waals surface area contributed by atoms with Crippen molar-refractivity contribution in [1.82, 2.24) is 9.78 Å². The first kappa shape index (κ1) is 13.5. The third-order valence-corrected chi connectivity index (χ3v) is 3.99. The number of aromatic nitrogens is 2. The fourth-order valence-electron chi connectivity index (χ4n) is 1.84. The van der Waals surface area contributed by atoms with E-state index in [0.29, 0.717) is 21.7 Å². The molecule has 0 amide bonds. The normalized spacial score (nSPS) is 11.0. The van der Waals surface area contributed by atoms with Crippen molar-refractivity contribution in [2.75, 3.05) is 12.8 Å². The number of hydrogen-bond acceptors (Lipinski definition) is 5. The molecule has 0 bridgehead atoms. The molecule has 2 rings (SSSR count). The maximum absolute atomic E-state index is 11.6. The van der Waals surface area contributed by atoms with E-state index in [4.69, 9.17) is 5.73 Å². The van der Waals surface area contributed by atoms with Crippen LogP contribution in [0.1, 0.15) is 25.5 Å². The van der Waals surface area contributed by atoms with Crippen molar-refractivity contribution in [3.05, 3.63) is 22.7 Å². The van der Waals surface area contributed by atoms with Gasteiger partial charge in [-0.15, -0.1) is 11.3 Å². The lowest BCUT2D eigenvalue weighted by molar-refractivity contribution is -0.736. The van der Waals surface area contributed by atoms with Crippen LogP contribution in [0.15, 0.2) is 12.3 Å². The largest absolute Gasteiger partial charge is 0.385 e. The first-order valence-corrected chi connectivity index (χ1v) is 6.73. The first-order chi connectivity index (χ1) is 8.95. The topological polar surface area (TPSA) is 73.2 Å². The Morgan fingerprint density at radius 2 is 2.21 bits per heavy atom. The summed E-state index contributed by atoms with van der Waals surface area (Å²) >= 11 is 1.34. The van der Waals surface area contributed by atoms with Gasteiger partial charge in [-0.2, -0.15) is 5.10 Å². The van der Waals surface area contributed by atoms with Crippen LogP contribution in [-0.4, -0.2) is 21.8 Å². The second-order valence-electron chi connectivity index (χ2n) is 4.48. The van der Waals surface area contributed by atoms with Gasteiger partial charge in [-0.05, 0) is 26.8 Å². The van der Waals surface area contributed by atoms with Crippen molar-refractivity contribution in [2.24, 2.45) is 0 Å². The van der Waals surface area contributed by atoms with Gasteiger partial charge in [0.25, 0.3) is 4.92 Å². The summed E-state index contributed by atoms with van der Waals surface area (Å²) in [5.41, 5.74) is 7.85. The highest BCUT2D eigenvalue weighted by Gasteiger charge is 2.29. The molecule has 0 fully saturated rings. The van der Waals surface area contributed by atoms with Crippen LogP contribution in [0.4, 0.5) is 10.7 Å². The van der Waals surface area contributed by atoms with Gasteiger partial charge in [0, 0.05) is 12.2 Å². The molecule has 0 unspecified atom stereocenters. The second-order valence-corrected chi connectivity index (χ2v) is 5.54. The zero-order valence-electron chi connectivity index (χ0n) is 11.4. The van der Waals surface area contributed by atoms with E-state index in [0.717, 1.165) is 16.1 Å². The molecule has 0 spiro atoms. The van der Waals surface area contributed by atoms with E-state index in [-0.39, 0.29) is 0 Å². The first-order valence-electron chi connectivity index (χ1n) is 5.91. The molecule has 2 N–H and O–H groups in total. The maximum atomic E-state index is 11.6. The van der Waals surface area contributed by atoms with E-state index in [1.165, 1.54) is 18.4 Å². The molecule has 0 aliphatic rings. The monoisotopic (exact) mass is 281 g/mol. The minimum absolute atomic E-state index is 0.292. The molecule has 0 aliphatic carbocycles. The van der Waals surface area contributed by atoms with E-state index >= 15 is 0 Å². The standard InChI is InChI=1S/C12H17N4O2S/c1-7(2)15-6-5-9(14-15)11-8(3)10(12(13)19-11)16(17)18-4/h5-7H,13H2,1-4H3/q+1. The summed E-state index contributed by atoms with van der Waals surface area (Å²) < 4.78 is 1.87. The number of hydrogen-bond donors (Lipinski definition) is 1. The Kier molecular flexibility index (Phi) is 3.57. The molecule has 0 aromatic carbocycles. The molecule has 0 radical (unpaired) electrons. The Labute approximate surface area is 115 Å². The summed E-state index contributed by atoms with van der Waals surface area (Å²) in [7, 11) is 1.32. The Hall–Kier alpha value is -1.89. The van der Waals surface area contributed by atoms with E-state index in [1.54, 1.807) is 0 Å². The highest BCUT2D eigenvalue weighted by molar-refractivity contribution is 7.20. The fraction of sp³-hybridized carbons (Fsp3) is 0.417. The van der Waals surface area contributed by atoms with E-state index < -0.39 is 0 Å². The summed E-state index contributed by atoms with van der Waals surface area (Å²) in [6, 6.07) is 2.21. The van der Waals surface area contributed by atoms with Gasteiger partial charge in [0.2, 0.25) is 0 Å². The number of nitrogens with two attached hydrogens (primary N) is 1. The predicted octanol–water partition coefficient (Wildman–Crippen LogP) is 3.05. The molecule has 2 heterocycles. The van der Waals surface area contributed by atoms with E-state index in [2.05, 4.69) is 23.8 Å². The number of rotatable bonds is 4. The smallest absolute Gasteiger partial charge is 0.354 e. The van der Waals surface area contributed by atoms with Crippen LogP contribution >= 0.6 is 11.3 Å². The third-order valence-electron chi connectivity index (χ3n) is 2.86. The minimum Gasteiger partial charge on any atom is -0.385 e. The molecule has 19 heavy (non-hydrogen) atoms. The fourth-order valence-corrected chi connectivity index (χ4v) is 2.84. The van der Waals surface area contributed by atoms with Crippen LogP contribution < -0.4 is 5.73 Å². The highest BCUT2D eigenvalue weighted by Crippen LogP contribution is 2.42. The van der Waals surface area contributed by atoms with Crippen LogP contribution in [0, 0.1) is 11.8 Å². The lowest BCUT2D eigenvalue weighted by atomic mass is 10.2. The Balaban J connectivity index is 2.48. The summed E-state index contributed by atoms with van der Waals surface area (Å²) in [5, 5.41) is 4.92. The Bertz CT molecular complexity index is 615. The molecule has 0 aliphatic heterocycles. The number of nitrogen functional groups attached to an aromatic ring is 1. The van der Waals surface area contributed by atoms with Crippen LogP contribution in [0.5, 0.6) is 0 Å². The Morgan fingerprint density at radius 1 is 1.53 bits per heavy atom. The third kappa shape index (κ3) is 2.33. The Morgan fingerprint density at radius 3 is 2.74 bits per heavy atom. The van der Waals surface area contributed by atoms with Gasteiger partial charge in [0.05, 0.1) is 15.3 Å². The zero-order valence-corrected chi connectivity index (χ0v) is 12.2. The molecular formula is C12H17N4O2S+. The molecule has 2 aromatic heterocycles. The van der Waals surface area contributed by atoms with Crippen molar-refractivity contribution in [3.63, 3.8) is 0 Å². The molecule has 102 valence electrons. The van der Waals surface area contributed by atoms with Crippen LogP contribution in [0.3, 0.4) is 0 Å². The number of thiophene rings is 1. The molecule has 2 aromatic rings. The van der Waals surface area contributed by atoms with E-state index in [1.807, 2.05) is 23.9 Å². The van der Waals surface area contributed by atoms with E-state index in [9.17, 15) is 4.91 Å². The minimum atomic E-state index is 0.292. The van der Waals surface area contributed by atoms with Gasteiger partial charge >= 0.3 is 5.69 Å². The average molecular weight is 281 g/mol. The van der Waals surface area contributed by atoms with Crippen LogP contribution in [0.25, 0.3) is 10.6 Å². The maximum Gasteiger partial charge on any atom is 0.354 e.